The number of para-hydroxylation sites is 1. The number of anilines is 1. The third-order valence-electron chi connectivity index (χ3n) is 8.36. The molecule has 2 heterocycles. The van der Waals surface area contributed by atoms with Crippen LogP contribution in [-0.4, -0.2) is 66.4 Å². The van der Waals surface area contributed by atoms with Crippen LogP contribution in [0.5, 0.6) is 11.5 Å². The molecular formula is C34H31F4N3O8. The number of carboxylic acid groups (broad SMARTS) is 1. The van der Waals surface area contributed by atoms with Gasteiger partial charge in [-0.05, 0) is 48.1 Å². The molecule has 15 heteroatoms. The van der Waals surface area contributed by atoms with E-state index in [1.54, 1.807) is 37.4 Å². The zero-order chi connectivity index (χ0) is 35.4. The van der Waals surface area contributed by atoms with Crippen molar-refractivity contribution in [2.45, 2.75) is 56.7 Å². The van der Waals surface area contributed by atoms with E-state index in [1.807, 2.05) is 12.1 Å². The lowest BCUT2D eigenvalue weighted by Crippen LogP contribution is -2.56. The number of rotatable bonds is 13. The number of hydrogen-bond donors (Lipinski definition) is 3. The molecule has 258 valence electrons. The molecule has 0 bridgehead atoms. The van der Waals surface area contributed by atoms with Crippen molar-refractivity contribution in [3.63, 3.8) is 0 Å². The maximum absolute atomic E-state index is 14.0. The third-order valence-corrected chi connectivity index (χ3v) is 8.36. The minimum atomic E-state index is -1.91. The number of nitrogens with one attached hydrogen (secondary N) is 2. The molecule has 3 atom stereocenters. The number of ether oxygens (including phenoxy) is 2. The predicted molar refractivity (Wildman–Crippen MR) is 164 cm³/mol. The second kappa shape index (κ2) is 14.7. The number of Topliss-reactive ketones (excluding diaryl/α,β-unsaturated/α-hetero) is 1. The van der Waals surface area contributed by atoms with Crippen LogP contribution in [0.4, 0.5) is 23.2 Å². The summed E-state index contributed by atoms with van der Waals surface area (Å²) < 4.78 is 65.1. The minimum Gasteiger partial charge on any atom is -0.497 e. The first-order valence-corrected chi connectivity index (χ1v) is 15.2. The summed E-state index contributed by atoms with van der Waals surface area (Å²) in [6.07, 6.45) is 0.125. The fourth-order valence-corrected chi connectivity index (χ4v) is 5.90. The van der Waals surface area contributed by atoms with Crippen LogP contribution >= 0.6 is 0 Å². The summed E-state index contributed by atoms with van der Waals surface area (Å²) in [5, 5.41) is 14.5. The number of aliphatic carboxylic acids is 1. The fourth-order valence-electron chi connectivity index (χ4n) is 5.90. The zero-order valence-electron chi connectivity index (χ0n) is 26.1. The van der Waals surface area contributed by atoms with Gasteiger partial charge in [0.25, 0.3) is 0 Å². The number of aryl methyl sites for hydroxylation is 2. The highest BCUT2D eigenvalue weighted by Crippen LogP contribution is 2.39. The van der Waals surface area contributed by atoms with Crippen LogP contribution in [0.15, 0.2) is 48.5 Å². The molecule has 3 N–H and O–H groups in total. The highest BCUT2D eigenvalue weighted by atomic mass is 19.2. The quantitative estimate of drug-likeness (QED) is 0.184. The van der Waals surface area contributed by atoms with Gasteiger partial charge in [0.2, 0.25) is 29.4 Å². The molecule has 0 saturated heterocycles. The van der Waals surface area contributed by atoms with Crippen molar-refractivity contribution in [3.8, 4) is 11.5 Å². The fraction of sp³-hybridized carbons (Fsp3) is 0.324. The van der Waals surface area contributed by atoms with Crippen LogP contribution in [0, 0.1) is 23.3 Å². The number of benzene rings is 3. The third kappa shape index (κ3) is 7.66. The number of nitrogens with zero attached hydrogens (tertiary/aromatic N) is 1. The van der Waals surface area contributed by atoms with Crippen molar-refractivity contribution in [3.05, 3.63) is 88.5 Å². The molecule has 2 aliphatic rings. The summed E-state index contributed by atoms with van der Waals surface area (Å²) in [7, 11) is 1.54. The first kappa shape index (κ1) is 34.9. The van der Waals surface area contributed by atoms with Crippen molar-refractivity contribution in [2.24, 2.45) is 0 Å². The number of methoxy groups -OCH3 is 1. The first-order valence-electron chi connectivity index (χ1n) is 15.2. The molecule has 0 aromatic heterocycles. The Bertz CT molecular complexity index is 1780. The Morgan fingerprint density at radius 3 is 2.33 bits per heavy atom. The van der Waals surface area contributed by atoms with Crippen LogP contribution in [0.25, 0.3) is 0 Å². The number of halogens is 4. The molecule has 49 heavy (non-hydrogen) atoms. The summed E-state index contributed by atoms with van der Waals surface area (Å²) >= 11 is 0. The topological polar surface area (TPSA) is 151 Å². The average molecular weight is 686 g/mol. The molecule has 3 aromatic carbocycles. The van der Waals surface area contributed by atoms with Gasteiger partial charge in [-0.2, -0.15) is 8.78 Å². The van der Waals surface area contributed by atoms with Gasteiger partial charge in [0.1, 0.15) is 30.5 Å². The van der Waals surface area contributed by atoms with Gasteiger partial charge in [0.05, 0.1) is 19.2 Å². The van der Waals surface area contributed by atoms with Gasteiger partial charge in [-0.1, -0.05) is 30.3 Å². The molecule has 0 radical (unpaired) electrons. The lowest BCUT2D eigenvalue weighted by molar-refractivity contribution is -0.140. The monoisotopic (exact) mass is 685 g/mol. The van der Waals surface area contributed by atoms with Crippen LogP contribution < -0.4 is 25.0 Å². The van der Waals surface area contributed by atoms with Crippen LogP contribution in [0.3, 0.4) is 0 Å². The summed E-state index contributed by atoms with van der Waals surface area (Å²) in [4.78, 5) is 66.3. The molecule has 0 aliphatic carbocycles. The van der Waals surface area contributed by atoms with E-state index in [0.717, 1.165) is 11.1 Å². The van der Waals surface area contributed by atoms with Gasteiger partial charge >= 0.3 is 5.97 Å². The van der Waals surface area contributed by atoms with Gasteiger partial charge in [-0.3, -0.25) is 28.9 Å². The van der Waals surface area contributed by atoms with E-state index in [2.05, 4.69) is 15.4 Å². The van der Waals surface area contributed by atoms with Gasteiger partial charge < -0.3 is 25.2 Å². The normalized spacial score (nSPS) is 17.1. The first-order chi connectivity index (χ1) is 23.4. The molecule has 2 aliphatic heterocycles. The Morgan fingerprint density at radius 1 is 1.00 bits per heavy atom. The molecule has 0 saturated carbocycles. The molecule has 1 unspecified atom stereocenters. The molecule has 5 rings (SSSR count). The number of ketones is 1. The minimum absolute atomic E-state index is 0.00234. The van der Waals surface area contributed by atoms with Crippen molar-refractivity contribution in [1.29, 1.82) is 0 Å². The van der Waals surface area contributed by atoms with Gasteiger partial charge in [-0.15, -0.1) is 0 Å². The van der Waals surface area contributed by atoms with Gasteiger partial charge in [0, 0.05) is 18.9 Å². The molecule has 0 spiro atoms. The molecular weight excluding hydrogens is 654 g/mol. The van der Waals surface area contributed by atoms with Gasteiger partial charge in [-0.25, -0.2) is 8.78 Å². The van der Waals surface area contributed by atoms with E-state index in [4.69, 9.17) is 4.74 Å². The molecule has 11 nitrogen and oxygen atoms in total. The average Bonchev–Trinajstić information content (AvgIpc) is 3.42. The summed E-state index contributed by atoms with van der Waals surface area (Å²) in [5.74, 6) is -12.9. The second-order valence-corrected chi connectivity index (χ2v) is 11.6. The van der Waals surface area contributed by atoms with E-state index in [1.165, 1.54) is 4.90 Å². The Labute approximate surface area is 277 Å². The van der Waals surface area contributed by atoms with Crippen molar-refractivity contribution in [2.75, 3.05) is 18.6 Å². The van der Waals surface area contributed by atoms with E-state index >= 15 is 0 Å². The number of amides is 3. The summed E-state index contributed by atoms with van der Waals surface area (Å²) in [6, 6.07) is 8.31. The van der Waals surface area contributed by atoms with Crippen molar-refractivity contribution < 1.29 is 56.1 Å². The highest BCUT2D eigenvalue weighted by Gasteiger charge is 2.44. The van der Waals surface area contributed by atoms with Gasteiger partial charge in [0.15, 0.2) is 23.2 Å². The lowest BCUT2D eigenvalue weighted by atomic mass is 10.0. The number of carboxylic acids is 1. The maximum atomic E-state index is 14.0. The standard InChI is InChI=1S/C34H31F4N3O8/c1-48-20-9-5-17(6-10-20)7-12-27(43)39-23-11-8-18-3-2-4-19-13-25(41(31(18)19)34(23)47)33(46)40-24(15-28(44)45)26(42)16-49-32-29(37)21(35)14-22(36)30(32)38/h2-6,9-10,14,23-25H,7-8,11-13,15-16H2,1H3,(H,39,43)(H,40,46)(H,44,45)/t23-,24?,25-/m0/s1. The Morgan fingerprint density at radius 2 is 1.67 bits per heavy atom. The number of hydrogen-bond acceptors (Lipinski definition) is 7. The summed E-state index contributed by atoms with van der Waals surface area (Å²) in [6.45, 7) is -1.25. The second-order valence-electron chi connectivity index (χ2n) is 11.6. The van der Waals surface area contributed by atoms with Crippen LogP contribution in [0.2, 0.25) is 0 Å². The maximum Gasteiger partial charge on any atom is 0.305 e. The molecule has 3 aromatic rings. The Balaban J connectivity index is 1.30. The number of carbonyl (C=O) groups is 5. The smallest absolute Gasteiger partial charge is 0.305 e. The lowest BCUT2D eigenvalue weighted by Gasteiger charge is -2.29. The molecule has 3 amide bonds. The van der Waals surface area contributed by atoms with E-state index in [0.29, 0.717) is 29.8 Å². The largest absolute Gasteiger partial charge is 0.497 e. The summed E-state index contributed by atoms with van der Waals surface area (Å²) in [5.41, 5.74) is 2.74. The van der Waals surface area contributed by atoms with E-state index < -0.39 is 89.6 Å². The SMILES string of the molecule is COc1ccc(CCC(=O)N[C@H]2CCc3cccc4c3N(C2=O)[C@H](C(=O)NC(CC(=O)O)C(=O)COc2c(F)c(F)cc(F)c2F)C4)cc1. The zero-order valence-corrected chi connectivity index (χ0v) is 26.1. The number of carbonyl (C=O) groups excluding carboxylic acids is 4. The Hall–Kier alpha value is -5.47. The predicted octanol–water partition coefficient (Wildman–Crippen LogP) is 3.18. The van der Waals surface area contributed by atoms with Crippen LogP contribution in [0.1, 0.15) is 36.0 Å². The van der Waals surface area contributed by atoms with Crippen LogP contribution in [-0.2, 0) is 43.2 Å². The van der Waals surface area contributed by atoms with Crippen molar-refractivity contribution >= 4 is 35.2 Å². The highest BCUT2D eigenvalue weighted by molar-refractivity contribution is 6.08. The van der Waals surface area contributed by atoms with E-state index in [9.17, 15) is 46.6 Å². The molecule has 0 fully saturated rings. The van der Waals surface area contributed by atoms with Crippen molar-refractivity contribution in [1.82, 2.24) is 10.6 Å². The van der Waals surface area contributed by atoms with E-state index in [-0.39, 0.29) is 25.3 Å². The Kier molecular flexibility index (Phi) is 10.5.